The molecule has 1 amide bonds. The maximum absolute atomic E-state index is 12.6. The van der Waals surface area contributed by atoms with E-state index in [1.54, 1.807) is 6.07 Å². The highest BCUT2D eigenvalue weighted by Crippen LogP contribution is 2.32. The Hall–Kier alpha value is -1.76. The molecular weight excluding hydrogens is 419 g/mol. The van der Waals surface area contributed by atoms with Crippen molar-refractivity contribution in [3.8, 4) is 0 Å². The Morgan fingerprint density at radius 1 is 1.14 bits per heavy atom. The molecule has 5 nitrogen and oxygen atoms in total. The van der Waals surface area contributed by atoms with Crippen LogP contribution in [0.2, 0.25) is 10.0 Å². The monoisotopic (exact) mass is 442 g/mol. The highest BCUT2D eigenvalue weighted by atomic mass is 35.5. The van der Waals surface area contributed by atoms with Crippen molar-refractivity contribution in [3.05, 3.63) is 63.6 Å². The minimum atomic E-state index is -3.75. The quantitative estimate of drug-likeness (QED) is 0.622. The first-order chi connectivity index (χ1) is 13.1. The lowest BCUT2D eigenvalue weighted by Gasteiger charge is -2.29. The summed E-state index contributed by atoms with van der Waals surface area (Å²) in [6.07, 6.45) is 2.61. The summed E-state index contributed by atoms with van der Waals surface area (Å²) in [6, 6.07) is 11.8. The van der Waals surface area contributed by atoms with Gasteiger partial charge in [-0.05, 0) is 50.5 Å². The van der Waals surface area contributed by atoms with Gasteiger partial charge in [0.1, 0.15) is 6.04 Å². The van der Waals surface area contributed by atoms with E-state index in [1.165, 1.54) is 30.2 Å². The fraction of sp³-hybridized carbons (Fsp3) is 0.350. The summed E-state index contributed by atoms with van der Waals surface area (Å²) in [5.41, 5.74) is 2.57. The van der Waals surface area contributed by atoms with Crippen molar-refractivity contribution >= 4 is 44.8 Å². The predicted octanol–water partition coefficient (Wildman–Crippen LogP) is 4.21. The van der Waals surface area contributed by atoms with E-state index >= 15 is 0 Å². The van der Waals surface area contributed by atoms with Crippen LogP contribution in [0.1, 0.15) is 24.5 Å². The van der Waals surface area contributed by atoms with E-state index in [-0.39, 0.29) is 10.7 Å². The van der Waals surface area contributed by atoms with Crippen LogP contribution in [-0.2, 0) is 21.2 Å². The Morgan fingerprint density at radius 3 is 2.39 bits per heavy atom. The molecule has 1 N–H and O–H groups in total. The van der Waals surface area contributed by atoms with E-state index in [2.05, 4.69) is 29.6 Å². The molecule has 0 unspecified atom stereocenters. The molecule has 0 aliphatic carbocycles. The van der Waals surface area contributed by atoms with Crippen molar-refractivity contribution in [1.82, 2.24) is 5.32 Å². The SMILES string of the molecule is Cc1ccc(CCCNC(=O)[C@@H](C)N(c2cc(Cl)ccc2Cl)S(C)(=O)=O)cc1. The van der Waals surface area contributed by atoms with Gasteiger partial charge in [0.2, 0.25) is 15.9 Å². The first-order valence-corrected chi connectivity index (χ1v) is 11.5. The number of benzene rings is 2. The fourth-order valence-electron chi connectivity index (χ4n) is 2.84. The number of nitrogens with one attached hydrogen (secondary N) is 1. The number of halogens is 2. The van der Waals surface area contributed by atoms with Gasteiger partial charge >= 0.3 is 0 Å². The molecule has 152 valence electrons. The topological polar surface area (TPSA) is 66.5 Å². The molecule has 0 saturated heterocycles. The minimum Gasteiger partial charge on any atom is -0.354 e. The molecule has 8 heteroatoms. The second kappa shape index (κ2) is 9.63. The summed E-state index contributed by atoms with van der Waals surface area (Å²) in [5.74, 6) is -0.398. The zero-order valence-electron chi connectivity index (χ0n) is 16.1. The van der Waals surface area contributed by atoms with Gasteiger partial charge in [-0.1, -0.05) is 53.0 Å². The first kappa shape index (κ1) is 22.5. The van der Waals surface area contributed by atoms with Crippen molar-refractivity contribution in [2.75, 3.05) is 17.1 Å². The molecule has 0 aliphatic rings. The average Bonchev–Trinajstić information content (AvgIpc) is 2.62. The largest absolute Gasteiger partial charge is 0.354 e. The smallest absolute Gasteiger partial charge is 0.243 e. The number of nitrogens with zero attached hydrogens (tertiary/aromatic N) is 1. The van der Waals surface area contributed by atoms with E-state index in [0.29, 0.717) is 11.6 Å². The van der Waals surface area contributed by atoms with Crippen molar-refractivity contribution in [2.24, 2.45) is 0 Å². The second-order valence-electron chi connectivity index (χ2n) is 6.71. The molecular formula is C20H24Cl2N2O3S. The lowest BCUT2D eigenvalue weighted by atomic mass is 10.1. The van der Waals surface area contributed by atoms with Crippen LogP contribution in [0.15, 0.2) is 42.5 Å². The van der Waals surface area contributed by atoms with Crippen molar-refractivity contribution in [1.29, 1.82) is 0 Å². The average molecular weight is 443 g/mol. The number of rotatable bonds is 8. The van der Waals surface area contributed by atoms with E-state index < -0.39 is 22.0 Å². The minimum absolute atomic E-state index is 0.180. The summed E-state index contributed by atoms with van der Waals surface area (Å²) in [4.78, 5) is 12.6. The fourth-order valence-corrected chi connectivity index (χ4v) is 4.45. The third-order valence-corrected chi connectivity index (χ3v) is 6.08. The zero-order chi connectivity index (χ0) is 20.9. The van der Waals surface area contributed by atoms with Crippen LogP contribution in [0.25, 0.3) is 0 Å². The van der Waals surface area contributed by atoms with Crippen LogP contribution in [-0.4, -0.2) is 33.2 Å². The summed E-state index contributed by atoms with van der Waals surface area (Å²) in [7, 11) is -3.75. The van der Waals surface area contributed by atoms with Crippen LogP contribution in [0.3, 0.4) is 0 Å². The predicted molar refractivity (Wildman–Crippen MR) is 116 cm³/mol. The maximum atomic E-state index is 12.6. The number of carbonyl (C=O) groups excluding carboxylic acids is 1. The van der Waals surface area contributed by atoms with Gasteiger partial charge in [-0.2, -0.15) is 0 Å². The van der Waals surface area contributed by atoms with Crippen LogP contribution in [0.4, 0.5) is 5.69 Å². The highest BCUT2D eigenvalue weighted by molar-refractivity contribution is 7.92. The molecule has 28 heavy (non-hydrogen) atoms. The van der Waals surface area contributed by atoms with Gasteiger partial charge in [0, 0.05) is 11.6 Å². The first-order valence-electron chi connectivity index (χ1n) is 8.87. The van der Waals surface area contributed by atoms with Crippen LogP contribution in [0.5, 0.6) is 0 Å². The summed E-state index contributed by atoms with van der Waals surface area (Å²) < 4.78 is 25.7. The molecule has 0 saturated carbocycles. The molecule has 0 spiro atoms. The molecule has 2 rings (SSSR count). The molecule has 1 atom stereocenters. The lowest BCUT2D eigenvalue weighted by molar-refractivity contribution is -0.121. The van der Waals surface area contributed by atoms with E-state index in [1.807, 2.05) is 6.92 Å². The molecule has 0 aromatic heterocycles. The number of amides is 1. The zero-order valence-corrected chi connectivity index (χ0v) is 18.4. The van der Waals surface area contributed by atoms with E-state index in [4.69, 9.17) is 23.2 Å². The van der Waals surface area contributed by atoms with Crippen LogP contribution in [0, 0.1) is 6.92 Å². The summed E-state index contributed by atoms with van der Waals surface area (Å²) in [6.45, 7) is 4.00. The molecule has 0 radical (unpaired) electrons. The van der Waals surface area contributed by atoms with Crippen molar-refractivity contribution < 1.29 is 13.2 Å². The van der Waals surface area contributed by atoms with Crippen molar-refractivity contribution in [2.45, 2.75) is 32.7 Å². The second-order valence-corrected chi connectivity index (χ2v) is 9.41. The van der Waals surface area contributed by atoms with Gasteiger partial charge in [0.05, 0.1) is 17.0 Å². The standard InChI is InChI=1S/C20H24Cl2N2O3S/c1-14-6-8-16(9-7-14)5-4-12-23-20(25)15(2)24(28(3,26)27)19-13-17(21)10-11-18(19)22/h6-11,13,15H,4-5,12H2,1-3H3,(H,23,25)/t15-/m1/s1. The number of hydrogen-bond donors (Lipinski definition) is 1. The number of hydrogen-bond acceptors (Lipinski definition) is 3. The third-order valence-electron chi connectivity index (χ3n) is 4.30. The molecule has 0 heterocycles. The Bertz CT molecular complexity index is 931. The van der Waals surface area contributed by atoms with Gasteiger partial charge in [0.15, 0.2) is 0 Å². The Balaban J connectivity index is 2.03. The van der Waals surface area contributed by atoms with Crippen molar-refractivity contribution in [3.63, 3.8) is 0 Å². The molecule has 0 aliphatic heterocycles. The van der Waals surface area contributed by atoms with Gasteiger partial charge in [-0.15, -0.1) is 0 Å². The van der Waals surface area contributed by atoms with E-state index in [0.717, 1.165) is 23.4 Å². The summed E-state index contributed by atoms with van der Waals surface area (Å²) >= 11 is 12.1. The Labute approximate surface area is 176 Å². The molecule has 0 bridgehead atoms. The normalized spacial score (nSPS) is 12.5. The van der Waals surface area contributed by atoms with Gasteiger partial charge in [-0.25, -0.2) is 8.42 Å². The Kier molecular flexibility index (Phi) is 7.75. The maximum Gasteiger partial charge on any atom is 0.243 e. The lowest BCUT2D eigenvalue weighted by Crippen LogP contribution is -2.48. The third kappa shape index (κ3) is 6.12. The number of sulfonamides is 1. The number of carbonyl (C=O) groups is 1. The molecule has 0 fully saturated rings. The molecule has 2 aromatic rings. The van der Waals surface area contributed by atoms with E-state index in [9.17, 15) is 13.2 Å². The van der Waals surface area contributed by atoms with Gasteiger partial charge in [0.25, 0.3) is 0 Å². The van der Waals surface area contributed by atoms with Crippen LogP contribution >= 0.6 is 23.2 Å². The highest BCUT2D eigenvalue weighted by Gasteiger charge is 2.30. The number of anilines is 1. The van der Waals surface area contributed by atoms with Crippen LogP contribution < -0.4 is 9.62 Å². The van der Waals surface area contributed by atoms with Gasteiger partial charge < -0.3 is 5.32 Å². The number of aryl methyl sites for hydroxylation is 2. The molecule has 2 aromatic carbocycles. The Morgan fingerprint density at radius 2 is 1.79 bits per heavy atom. The van der Waals surface area contributed by atoms with Gasteiger partial charge in [-0.3, -0.25) is 9.10 Å². The summed E-state index contributed by atoms with van der Waals surface area (Å²) in [5, 5.41) is 3.33.